The second kappa shape index (κ2) is 13.2. The van der Waals surface area contributed by atoms with Gasteiger partial charge >= 0.3 is 5.97 Å². The second-order valence-electron chi connectivity index (χ2n) is 8.84. The summed E-state index contributed by atoms with van der Waals surface area (Å²) in [6.07, 6.45) is -11.0. The van der Waals surface area contributed by atoms with Crippen molar-refractivity contribution < 1.29 is 69.0 Å². The number of aliphatic hydroxyl groups excluding tert-OH is 7. The number of rotatable bonds is 12. The predicted molar refractivity (Wildman–Crippen MR) is 125 cm³/mol. The Labute approximate surface area is 218 Å². The zero-order valence-electron chi connectivity index (χ0n) is 20.7. The van der Waals surface area contributed by atoms with Crippen LogP contribution in [0.5, 0.6) is 11.5 Å². The summed E-state index contributed by atoms with van der Waals surface area (Å²) in [5.74, 6) is -2.63. The molecule has 0 radical (unpaired) electrons. The summed E-state index contributed by atoms with van der Waals surface area (Å²) in [6, 6.07) is 4.98. The van der Waals surface area contributed by atoms with E-state index < -0.39 is 87.2 Å². The van der Waals surface area contributed by atoms with Gasteiger partial charge in [0, 0.05) is 0 Å². The first-order valence-electron chi connectivity index (χ1n) is 11.8. The lowest BCUT2D eigenvalue weighted by Crippen LogP contribution is -2.62. The van der Waals surface area contributed by atoms with Crippen LogP contribution in [0.25, 0.3) is 0 Å². The zero-order valence-corrected chi connectivity index (χ0v) is 20.7. The van der Waals surface area contributed by atoms with E-state index in [0.717, 1.165) is 5.56 Å². The van der Waals surface area contributed by atoms with E-state index >= 15 is 0 Å². The van der Waals surface area contributed by atoms with Crippen molar-refractivity contribution in [3.05, 3.63) is 36.4 Å². The topological polar surface area (TPSA) is 214 Å². The van der Waals surface area contributed by atoms with E-state index in [1.54, 1.807) is 24.3 Å². The minimum atomic E-state index is -2.31. The summed E-state index contributed by atoms with van der Waals surface area (Å²) < 4.78 is 31.9. The quantitative estimate of drug-likeness (QED) is 0.0789. The number of carbonyl (C=O) groups is 1. The van der Waals surface area contributed by atoms with E-state index in [4.69, 9.17) is 28.4 Å². The fraction of sp³-hybridized carbons (Fsp3) is 0.625. The van der Waals surface area contributed by atoms with Gasteiger partial charge in [-0.05, 0) is 24.1 Å². The molecule has 2 fully saturated rings. The molecule has 0 aromatic heterocycles. The van der Waals surface area contributed by atoms with Crippen molar-refractivity contribution in [2.45, 2.75) is 61.2 Å². The van der Waals surface area contributed by atoms with Crippen LogP contribution in [-0.2, 0) is 30.2 Å². The highest BCUT2D eigenvalue weighted by Gasteiger charge is 2.58. The first-order valence-corrected chi connectivity index (χ1v) is 11.8. The predicted octanol–water partition coefficient (Wildman–Crippen LogP) is -3.03. The fourth-order valence-electron chi connectivity index (χ4n) is 4.12. The van der Waals surface area contributed by atoms with Crippen molar-refractivity contribution in [1.29, 1.82) is 0 Å². The average Bonchev–Trinajstić information content (AvgIpc) is 3.15. The van der Waals surface area contributed by atoms with E-state index in [9.17, 15) is 40.5 Å². The number of hydrogen-bond acceptors (Lipinski definition) is 14. The summed E-state index contributed by atoms with van der Waals surface area (Å²) >= 11 is 0. The number of allylic oxidation sites excluding steroid dienone is 1. The third kappa shape index (κ3) is 6.50. The maximum absolute atomic E-state index is 12.3. The fourth-order valence-corrected chi connectivity index (χ4v) is 4.12. The molecule has 2 heterocycles. The Balaban J connectivity index is 1.59. The third-order valence-corrected chi connectivity index (χ3v) is 6.22. The summed E-state index contributed by atoms with van der Waals surface area (Å²) in [4.78, 5) is 12.3. The molecular formula is C24H34O14. The minimum absolute atomic E-state index is 0.155. The number of aliphatic hydroxyl groups is 7. The lowest BCUT2D eigenvalue weighted by molar-refractivity contribution is -0.384. The molecule has 214 valence electrons. The summed E-state index contributed by atoms with van der Waals surface area (Å²) in [6.45, 7) is 0.888. The van der Waals surface area contributed by atoms with Gasteiger partial charge in [0.1, 0.15) is 55.9 Å². The molecule has 0 aliphatic carbocycles. The van der Waals surface area contributed by atoms with Crippen LogP contribution in [0.4, 0.5) is 0 Å². The molecule has 14 nitrogen and oxygen atoms in total. The molecule has 0 bridgehead atoms. The highest BCUT2D eigenvalue weighted by Crippen LogP contribution is 2.36. The van der Waals surface area contributed by atoms with Gasteiger partial charge in [-0.25, -0.2) is 4.79 Å². The molecule has 3 rings (SSSR count). The highest BCUT2D eigenvalue weighted by molar-refractivity contribution is 5.74. The van der Waals surface area contributed by atoms with Gasteiger partial charge in [0.2, 0.25) is 5.79 Å². The standard InChI is InChI=1S/C24H34O14/c1-3-4-12-5-6-13(14(7-12)33-2)35-17(27)10-34-9-16-18(28)20(30)21(31)23(36-16)38-24(11-26)22(32)19(29)15(8-25)37-24/h3,5-7,15-16,18-23,25-26,28-32H,1,4,8-11H2,2H3/t15-,16-,18-,19-,20+,21-,22+,23-,24+/m1/s1. The maximum atomic E-state index is 12.3. The van der Waals surface area contributed by atoms with Gasteiger partial charge in [-0.1, -0.05) is 12.1 Å². The molecule has 1 aromatic carbocycles. The van der Waals surface area contributed by atoms with Crippen LogP contribution in [0.1, 0.15) is 5.56 Å². The number of carbonyl (C=O) groups excluding carboxylic acids is 1. The van der Waals surface area contributed by atoms with Gasteiger partial charge in [0.15, 0.2) is 17.8 Å². The Bertz CT molecular complexity index is 943. The van der Waals surface area contributed by atoms with Gasteiger partial charge < -0.3 is 64.2 Å². The molecule has 38 heavy (non-hydrogen) atoms. The molecule has 0 unspecified atom stereocenters. The van der Waals surface area contributed by atoms with Gasteiger partial charge in [0.05, 0.1) is 20.3 Å². The molecule has 0 amide bonds. The molecule has 0 saturated carbocycles. The third-order valence-electron chi connectivity index (χ3n) is 6.22. The zero-order chi connectivity index (χ0) is 28.0. The van der Waals surface area contributed by atoms with Crippen LogP contribution >= 0.6 is 0 Å². The highest BCUT2D eigenvalue weighted by atomic mass is 16.8. The lowest BCUT2D eigenvalue weighted by atomic mass is 9.99. The molecule has 1 aromatic rings. The Morgan fingerprint density at radius 3 is 2.39 bits per heavy atom. The number of hydrogen-bond donors (Lipinski definition) is 7. The SMILES string of the molecule is C=CCc1ccc(OC(=O)COC[C@H]2O[C@H](O[C@]3(CO)O[C@H](CO)[C@@H](O)[C@@H]3O)[C@H](O)[C@@H](O)[C@@H]2O)c(OC)c1. The molecular weight excluding hydrogens is 512 g/mol. The van der Waals surface area contributed by atoms with Crippen molar-refractivity contribution in [3.63, 3.8) is 0 Å². The van der Waals surface area contributed by atoms with E-state index in [1.807, 2.05) is 0 Å². The second-order valence-corrected chi connectivity index (χ2v) is 8.84. The molecule has 9 atom stereocenters. The van der Waals surface area contributed by atoms with Crippen LogP contribution in [0, 0.1) is 0 Å². The van der Waals surface area contributed by atoms with Crippen LogP contribution in [0.15, 0.2) is 30.9 Å². The Morgan fingerprint density at radius 1 is 1.05 bits per heavy atom. The lowest BCUT2D eigenvalue weighted by Gasteiger charge is -2.43. The largest absolute Gasteiger partial charge is 0.493 e. The number of methoxy groups -OCH3 is 1. The van der Waals surface area contributed by atoms with E-state index in [1.165, 1.54) is 7.11 Å². The van der Waals surface area contributed by atoms with Crippen LogP contribution in [0.2, 0.25) is 0 Å². The maximum Gasteiger partial charge on any atom is 0.337 e. The smallest absolute Gasteiger partial charge is 0.337 e. The number of esters is 1. The van der Waals surface area contributed by atoms with Crippen molar-refractivity contribution in [3.8, 4) is 11.5 Å². The Kier molecular flexibility index (Phi) is 10.6. The molecule has 14 heteroatoms. The first-order chi connectivity index (χ1) is 18.1. The van der Waals surface area contributed by atoms with Gasteiger partial charge in [-0.3, -0.25) is 0 Å². The van der Waals surface area contributed by atoms with Gasteiger partial charge in [-0.15, -0.1) is 6.58 Å². The van der Waals surface area contributed by atoms with Gasteiger partial charge in [-0.2, -0.15) is 0 Å². The number of benzene rings is 1. The molecule has 7 N–H and O–H groups in total. The average molecular weight is 547 g/mol. The molecule has 0 spiro atoms. The summed E-state index contributed by atoms with van der Waals surface area (Å²) in [5.41, 5.74) is 0.897. The van der Waals surface area contributed by atoms with E-state index in [-0.39, 0.29) is 5.75 Å². The van der Waals surface area contributed by atoms with Crippen molar-refractivity contribution in [2.75, 3.05) is 33.5 Å². The monoisotopic (exact) mass is 546 g/mol. The van der Waals surface area contributed by atoms with Gasteiger partial charge in [0.25, 0.3) is 0 Å². The molecule has 2 saturated heterocycles. The van der Waals surface area contributed by atoms with Crippen molar-refractivity contribution >= 4 is 5.97 Å². The minimum Gasteiger partial charge on any atom is -0.493 e. The normalized spacial score (nSPS) is 35.2. The summed E-state index contributed by atoms with van der Waals surface area (Å²) in [5, 5.41) is 70.3. The summed E-state index contributed by atoms with van der Waals surface area (Å²) in [7, 11) is 1.42. The Hall–Kier alpha value is -2.21. The van der Waals surface area contributed by atoms with Crippen molar-refractivity contribution in [2.24, 2.45) is 0 Å². The molecule has 2 aliphatic heterocycles. The van der Waals surface area contributed by atoms with Crippen molar-refractivity contribution in [1.82, 2.24) is 0 Å². The number of ether oxygens (including phenoxy) is 6. The van der Waals surface area contributed by atoms with Crippen LogP contribution < -0.4 is 9.47 Å². The molecule has 2 aliphatic rings. The first kappa shape index (κ1) is 30.3. The van der Waals surface area contributed by atoms with E-state index in [0.29, 0.717) is 12.2 Å². The van der Waals surface area contributed by atoms with E-state index in [2.05, 4.69) is 6.58 Å². The van der Waals surface area contributed by atoms with Crippen LogP contribution in [-0.4, -0.2) is 130 Å². The Morgan fingerprint density at radius 2 is 1.79 bits per heavy atom. The van der Waals surface area contributed by atoms with Crippen LogP contribution in [0.3, 0.4) is 0 Å².